The van der Waals surface area contributed by atoms with E-state index in [-0.39, 0.29) is 0 Å². The zero-order valence-corrected chi connectivity index (χ0v) is 23.3. The fourth-order valence-corrected chi connectivity index (χ4v) is 11.4. The zero-order valence-electron chi connectivity index (χ0n) is 21.6. The summed E-state index contributed by atoms with van der Waals surface area (Å²) in [5.41, 5.74) is 2.58. The van der Waals surface area contributed by atoms with E-state index in [0.717, 1.165) is 37.8 Å². The third-order valence-electron chi connectivity index (χ3n) is 7.26. The average molecular weight is 537 g/mol. The SMILES string of the molecule is ClP(Cc1ccc(OCCCCc2ccccc2)cc1)(c1ccccc1)(c1ccccc1)c1ccccc1. The Bertz CT molecular complexity index is 1310. The fourth-order valence-electron chi connectivity index (χ4n) is 5.24. The van der Waals surface area contributed by atoms with E-state index in [9.17, 15) is 0 Å². The van der Waals surface area contributed by atoms with E-state index in [2.05, 4.69) is 146 Å². The van der Waals surface area contributed by atoms with Crippen LogP contribution in [-0.4, -0.2) is 6.61 Å². The van der Waals surface area contributed by atoms with Crippen LogP contribution in [0.2, 0.25) is 0 Å². The summed E-state index contributed by atoms with van der Waals surface area (Å²) in [7, 11) is 0. The van der Waals surface area contributed by atoms with Gasteiger partial charge in [0.1, 0.15) is 0 Å². The van der Waals surface area contributed by atoms with Crippen molar-refractivity contribution in [2.75, 3.05) is 6.61 Å². The van der Waals surface area contributed by atoms with Crippen molar-refractivity contribution in [3.63, 3.8) is 0 Å². The molecule has 0 atom stereocenters. The summed E-state index contributed by atoms with van der Waals surface area (Å²) < 4.78 is 6.09. The van der Waals surface area contributed by atoms with Crippen molar-refractivity contribution in [3.8, 4) is 5.75 Å². The van der Waals surface area contributed by atoms with Gasteiger partial charge in [-0.3, -0.25) is 0 Å². The predicted octanol–water partition coefficient (Wildman–Crippen LogP) is 8.27. The molecule has 0 amide bonds. The second kappa shape index (κ2) is 12.0. The Labute approximate surface area is 231 Å². The molecule has 0 unspecified atom stereocenters. The van der Waals surface area contributed by atoms with Crippen LogP contribution in [0.1, 0.15) is 24.0 Å². The number of halogens is 1. The van der Waals surface area contributed by atoms with Gasteiger partial charge in [-0.05, 0) is 0 Å². The summed E-state index contributed by atoms with van der Waals surface area (Å²) in [6, 6.07) is 51.1. The second-order valence-electron chi connectivity index (χ2n) is 9.78. The number of hydrogen-bond donors (Lipinski definition) is 0. The Morgan fingerprint density at radius 1 is 0.474 bits per heavy atom. The van der Waals surface area contributed by atoms with E-state index in [1.165, 1.54) is 27.0 Å². The number of benzene rings is 5. The number of ether oxygens (including phenoxy) is 1. The van der Waals surface area contributed by atoms with Crippen LogP contribution < -0.4 is 20.7 Å². The molecule has 1 nitrogen and oxygen atoms in total. The van der Waals surface area contributed by atoms with Gasteiger partial charge >= 0.3 is 214 Å². The van der Waals surface area contributed by atoms with Gasteiger partial charge in [0, 0.05) is 0 Å². The van der Waals surface area contributed by atoms with E-state index in [1.54, 1.807) is 0 Å². The molecule has 0 N–H and O–H groups in total. The van der Waals surface area contributed by atoms with Crippen LogP contribution in [0.25, 0.3) is 0 Å². The summed E-state index contributed by atoms with van der Waals surface area (Å²) in [5, 5.41) is 3.53. The monoisotopic (exact) mass is 536 g/mol. The molecule has 0 saturated heterocycles. The fraction of sp³-hybridized carbons (Fsp3) is 0.143. The molecule has 0 aliphatic carbocycles. The average Bonchev–Trinajstić information content (AvgIpc) is 3.00. The van der Waals surface area contributed by atoms with Crippen LogP contribution >= 0.6 is 17.2 Å². The van der Waals surface area contributed by atoms with Crippen LogP contribution in [0.15, 0.2) is 146 Å². The number of aryl methyl sites for hydroxylation is 1. The molecule has 5 rings (SSSR count). The molecule has 0 bridgehead atoms. The van der Waals surface area contributed by atoms with Gasteiger partial charge < -0.3 is 0 Å². The van der Waals surface area contributed by atoms with Crippen LogP contribution in [0, 0.1) is 0 Å². The van der Waals surface area contributed by atoms with Gasteiger partial charge in [-0.25, -0.2) is 0 Å². The molecule has 5 aromatic carbocycles. The van der Waals surface area contributed by atoms with Crippen molar-refractivity contribution in [2.45, 2.75) is 25.4 Å². The molecule has 0 aliphatic rings. The molecule has 0 fully saturated rings. The van der Waals surface area contributed by atoms with Crippen molar-refractivity contribution >= 4 is 33.1 Å². The summed E-state index contributed by atoms with van der Waals surface area (Å²) in [5.74, 6) is -2.43. The first-order valence-electron chi connectivity index (χ1n) is 13.3. The van der Waals surface area contributed by atoms with Crippen molar-refractivity contribution < 1.29 is 4.74 Å². The normalized spacial score (nSPS) is 12.4. The molecule has 3 heteroatoms. The molecule has 38 heavy (non-hydrogen) atoms. The van der Waals surface area contributed by atoms with Crippen LogP contribution in [0.5, 0.6) is 5.75 Å². The molecule has 0 radical (unpaired) electrons. The van der Waals surface area contributed by atoms with Crippen LogP contribution in [0.3, 0.4) is 0 Å². The topological polar surface area (TPSA) is 9.23 Å². The van der Waals surface area contributed by atoms with Crippen molar-refractivity contribution in [2.24, 2.45) is 0 Å². The first-order chi connectivity index (χ1) is 18.7. The molecule has 0 aliphatic heterocycles. The second-order valence-corrected chi connectivity index (χ2v) is 16.3. The Morgan fingerprint density at radius 3 is 1.39 bits per heavy atom. The Kier molecular flexibility index (Phi) is 8.28. The molecule has 5 aromatic rings. The van der Waals surface area contributed by atoms with Crippen molar-refractivity contribution in [1.82, 2.24) is 0 Å². The molecular formula is C35H34ClOP. The quantitative estimate of drug-likeness (QED) is 0.122. The summed E-state index contributed by atoms with van der Waals surface area (Å²) in [4.78, 5) is 0. The Balaban J connectivity index is 1.39. The van der Waals surface area contributed by atoms with Gasteiger partial charge in [-0.1, -0.05) is 18.2 Å². The van der Waals surface area contributed by atoms with Crippen LogP contribution in [0.4, 0.5) is 0 Å². The first kappa shape index (κ1) is 26.2. The van der Waals surface area contributed by atoms with Gasteiger partial charge in [0.15, 0.2) is 0 Å². The minimum absolute atomic E-state index is 0.721. The molecule has 0 heterocycles. The first-order valence-corrected chi connectivity index (χ1v) is 16.6. The zero-order chi connectivity index (χ0) is 26.1. The third-order valence-corrected chi connectivity index (χ3v) is 14.5. The van der Waals surface area contributed by atoms with E-state index in [1.807, 2.05) is 0 Å². The van der Waals surface area contributed by atoms with Gasteiger partial charge in [0.2, 0.25) is 0 Å². The van der Waals surface area contributed by atoms with Gasteiger partial charge in [0.25, 0.3) is 0 Å². The molecular weight excluding hydrogens is 503 g/mol. The number of hydrogen-bond acceptors (Lipinski definition) is 1. The van der Waals surface area contributed by atoms with Gasteiger partial charge in [0.05, 0.1) is 0 Å². The van der Waals surface area contributed by atoms with Gasteiger partial charge in [-0.15, -0.1) is 0 Å². The van der Waals surface area contributed by atoms with E-state index in [4.69, 9.17) is 16.0 Å². The number of rotatable bonds is 11. The van der Waals surface area contributed by atoms with Crippen molar-refractivity contribution in [1.29, 1.82) is 0 Å². The molecule has 0 saturated carbocycles. The Hall–Kier alpha value is -3.38. The summed E-state index contributed by atoms with van der Waals surface area (Å²) in [6.07, 6.45) is 3.96. The maximum absolute atomic E-state index is 8.22. The molecule has 192 valence electrons. The molecule has 0 spiro atoms. The van der Waals surface area contributed by atoms with E-state index >= 15 is 0 Å². The summed E-state index contributed by atoms with van der Waals surface area (Å²) >= 11 is 8.22. The number of unbranched alkanes of at least 4 members (excludes halogenated alkanes) is 1. The van der Waals surface area contributed by atoms with Crippen LogP contribution in [-0.2, 0) is 12.6 Å². The van der Waals surface area contributed by atoms with E-state index in [0.29, 0.717) is 0 Å². The molecule has 0 aromatic heterocycles. The van der Waals surface area contributed by atoms with Crippen molar-refractivity contribution in [3.05, 3.63) is 157 Å². The third kappa shape index (κ3) is 5.56. The predicted molar refractivity (Wildman–Crippen MR) is 166 cm³/mol. The van der Waals surface area contributed by atoms with E-state index < -0.39 is 5.96 Å². The Morgan fingerprint density at radius 2 is 0.921 bits per heavy atom. The summed E-state index contributed by atoms with van der Waals surface area (Å²) in [6.45, 7) is 0.721. The minimum atomic E-state index is -3.34. The standard InChI is InChI=1S/C35H34ClOP/c36-38(33-18-7-2-8-19-33,34-20-9-3-10-21-34,35-22-11-4-12-23-35)29-31-24-26-32(27-25-31)37-28-14-13-17-30-15-5-1-6-16-30/h1-12,15-16,18-27H,13-14,17,28-29H2. The van der Waals surface area contributed by atoms with Gasteiger partial charge in [-0.2, -0.15) is 0 Å². The maximum atomic E-state index is 8.22.